The lowest BCUT2D eigenvalue weighted by Crippen LogP contribution is -2.35. The Bertz CT molecular complexity index is 780. The van der Waals surface area contributed by atoms with Gasteiger partial charge in [-0.05, 0) is 50.8 Å². The third-order valence-electron chi connectivity index (χ3n) is 5.86. The molecule has 1 amide bonds. The average Bonchev–Trinajstić information content (AvgIpc) is 3.24. The highest BCUT2D eigenvalue weighted by molar-refractivity contribution is 5.92. The van der Waals surface area contributed by atoms with Crippen LogP contribution in [0, 0.1) is 12.8 Å². The van der Waals surface area contributed by atoms with Crippen LogP contribution >= 0.6 is 0 Å². The van der Waals surface area contributed by atoms with E-state index < -0.39 is 0 Å². The smallest absolute Gasteiger partial charge is 0.271 e. The first kappa shape index (κ1) is 19.2. The van der Waals surface area contributed by atoms with Gasteiger partial charge in [0.05, 0.1) is 12.1 Å². The fourth-order valence-electron chi connectivity index (χ4n) is 4.21. The van der Waals surface area contributed by atoms with Crippen LogP contribution in [0.2, 0.25) is 0 Å². The van der Waals surface area contributed by atoms with Gasteiger partial charge >= 0.3 is 0 Å². The Morgan fingerprint density at radius 3 is 2.89 bits per heavy atom. The quantitative estimate of drug-likeness (QED) is 0.834. The summed E-state index contributed by atoms with van der Waals surface area (Å²) >= 11 is 0. The van der Waals surface area contributed by atoms with E-state index in [-0.39, 0.29) is 17.9 Å². The fraction of sp³-hybridized carbons (Fsp3) is 0.545. The molecule has 150 valence electrons. The van der Waals surface area contributed by atoms with E-state index in [0.29, 0.717) is 18.3 Å². The minimum Gasteiger partial charge on any atom is -0.373 e. The summed E-state index contributed by atoms with van der Waals surface area (Å²) in [5.41, 5.74) is 2.93. The number of rotatable bonds is 5. The maximum atomic E-state index is 12.6. The van der Waals surface area contributed by atoms with Gasteiger partial charge in [-0.3, -0.25) is 9.48 Å². The van der Waals surface area contributed by atoms with Crippen LogP contribution in [0.4, 0.5) is 0 Å². The Labute approximate surface area is 166 Å². The normalized spacial score (nSPS) is 25.4. The van der Waals surface area contributed by atoms with Crippen LogP contribution in [-0.4, -0.2) is 41.9 Å². The first-order valence-electron chi connectivity index (χ1n) is 10.4. The van der Waals surface area contributed by atoms with Gasteiger partial charge in [0, 0.05) is 31.8 Å². The summed E-state index contributed by atoms with van der Waals surface area (Å²) in [6, 6.07) is 10.7. The van der Waals surface area contributed by atoms with Crippen molar-refractivity contribution in [2.24, 2.45) is 5.92 Å². The number of nitrogens with zero attached hydrogens (tertiary/aromatic N) is 2. The summed E-state index contributed by atoms with van der Waals surface area (Å²) in [7, 11) is 0. The van der Waals surface area contributed by atoms with Crippen molar-refractivity contribution in [3.8, 4) is 0 Å². The van der Waals surface area contributed by atoms with Gasteiger partial charge in [-0.2, -0.15) is 5.10 Å². The number of carbonyl (C=O) groups excluding carboxylic acids is 1. The standard InChI is InChI=1S/C22H30N4O2/c1-16-6-8-17(9-7-16)21-18(4-3-13-28-21)14-24-22(27)20-10-12-26(25-20)19-5-2-11-23-15-19/h6-10,12,18-19,21,23H,2-5,11,13-15H2,1H3,(H,24,27). The molecule has 1 aromatic heterocycles. The first-order valence-corrected chi connectivity index (χ1v) is 10.4. The van der Waals surface area contributed by atoms with Crippen molar-refractivity contribution in [2.75, 3.05) is 26.2 Å². The summed E-state index contributed by atoms with van der Waals surface area (Å²) in [6.45, 7) is 5.46. The van der Waals surface area contributed by atoms with E-state index >= 15 is 0 Å². The van der Waals surface area contributed by atoms with Crippen molar-refractivity contribution in [1.29, 1.82) is 0 Å². The molecule has 0 bridgehead atoms. The van der Waals surface area contributed by atoms with Crippen molar-refractivity contribution in [2.45, 2.75) is 44.8 Å². The maximum absolute atomic E-state index is 12.6. The van der Waals surface area contributed by atoms with Crippen LogP contribution in [0.1, 0.15) is 59.4 Å². The van der Waals surface area contributed by atoms with E-state index in [9.17, 15) is 4.79 Å². The minimum absolute atomic E-state index is 0.0421. The van der Waals surface area contributed by atoms with Crippen LogP contribution in [0.15, 0.2) is 36.5 Å². The van der Waals surface area contributed by atoms with Gasteiger partial charge in [-0.1, -0.05) is 29.8 Å². The molecule has 3 atom stereocenters. The molecule has 0 aliphatic carbocycles. The first-order chi connectivity index (χ1) is 13.7. The largest absolute Gasteiger partial charge is 0.373 e. The molecule has 2 aromatic rings. The van der Waals surface area contributed by atoms with Gasteiger partial charge in [0.25, 0.3) is 5.91 Å². The molecule has 2 aliphatic rings. The minimum atomic E-state index is -0.101. The van der Waals surface area contributed by atoms with Crippen molar-refractivity contribution in [3.05, 3.63) is 53.3 Å². The number of carbonyl (C=O) groups is 1. The highest BCUT2D eigenvalue weighted by Gasteiger charge is 2.28. The monoisotopic (exact) mass is 382 g/mol. The molecule has 28 heavy (non-hydrogen) atoms. The van der Waals surface area contributed by atoms with Crippen LogP contribution < -0.4 is 10.6 Å². The summed E-state index contributed by atoms with van der Waals surface area (Å²) in [5, 5.41) is 11.0. The van der Waals surface area contributed by atoms with E-state index in [2.05, 4.69) is 46.9 Å². The van der Waals surface area contributed by atoms with Crippen LogP contribution in [0.25, 0.3) is 0 Å². The summed E-state index contributed by atoms with van der Waals surface area (Å²) in [4.78, 5) is 12.6. The van der Waals surface area contributed by atoms with Crippen molar-refractivity contribution < 1.29 is 9.53 Å². The molecular weight excluding hydrogens is 352 g/mol. The highest BCUT2D eigenvalue weighted by Crippen LogP contribution is 2.33. The second-order valence-corrected chi connectivity index (χ2v) is 8.00. The molecular formula is C22H30N4O2. The van der Waals surface area contributed by atoms with Gasteiger partial charge in [0.2, 0.25) is 0 Å². The lowest BCUT2D eigenvalue weighted by Gasteiger charge is -2.32. The molecule has 6 nitrogen and oxygen atoms in total. The average molecular weight is 383 g/mol. The van der Waals surface area contributed by atoms with Gasteiger partial charge in [0.15, 0.2) is 0 Å². The number of hydrogen-bond donors (Lipinski definition) is 2. The topological polar surface area (TPSA) is 68.2 Å². The number of aromatic nitrogens is 2. The van der Waals surface area contributed by atoms with Crippen LogP contribution in [-0.2, 0) is 4.74 Å². The Balaban J connectivity index is 1.36. The second kappa shape index (κ2) is 8.88. The SMILES string of the molecule is Cc1ccc(C2OCCCC2CNC(=O)c2ccn(C3CCCNC3)n2)cc1. The van der Waals surface area contributed by atoms with Gasteiger partial charge in [-0.15, -0.1) is 0 Å². The zero-order valence-corrected chi connectivity index (χ0v) is 16.6. The molecule has 4 rings (SSSR count). The lowest BCUT2D eigenvalue weighted by molar-refractivity contribution is -0.0272. The van der Waals surface area contributed by atoms with E-state index in [0.717, 1.165) is 45.4 Å². The molecule has 2 fully saturated rings. The molecule has 2 N–H and O–H groups in total. The number of benzene rings is 1. The molecule has 6 heteroatoms. The Hall–Kier alpha value is -2.18. The van der Waals surface area contributed by atoms with Crippen LogP contribution in [0.5, 0.6) is 0 Å². The number of amides is 1. The molecule has 2 saturated heterocycles. The lowest BCUT2D eigenvalue weighted by atomic mass is 9.89. The van der Waals surface area contributed by atoms with Crippen molar-refractivity contribution in [3.63, 3.8) is 0 Å². The molecule has 0 radical (unpaired) electrons. The number of aryl methyl sites for hydroxylation is 1. The van der Waals surface area contributed by atoms with E-state index in [1.165, 1.54) is 11.1 Å². The molecule has 0 spiro atoms. The van der Waals surface area contributed by atoms with E-state index in [1.54, 1.807) is 0 Å². The molecule has 0 saturated carbocycles. The number of ether oxygens (including phenoxy) is 1. The Kier molecular flexibility index (Phi) is 6.07. The number of piperidine rings is 1. The van der Waals surface area contributed by atoms with Gasteiger partial charge in [0.1, 0.15) is 5.69 Å². The van der Waals surface area contributed by atoms with E-state index in [4.69, 9.17) is 4.74 Å². The third-order valence-corrected chi connectivity index (χ3v) is 5.86. The van der Waals surface area contributed by atoms with Gasteiger partial charge in [-0.25, -0.2) is 0 Å². The van der Waals surface area contributed by atoms with Crippen LogP contribution in [0.3, 0.4) is 0 Å². The Morgan fingerprint density at radius 2 is 2.11 bits per heavy atom. The molecule has 3 heterocycles. The summed E-state index contributed by atoms with van der Waals surface area (Å²) in [5.74, 6) is 0.181. The summed E-state index contributed by atoms with van der Waals surface area (Å²) < 4.78 is 7.99. The summed E-state index contributed by atoms with van der Waals surface area (Å²) in [6.07, 6.45) is 6.31. The molecule has 2 aliphatic heterocycles. The van der Waals surface area contributed by atoms with Gasteiger partial charge < -0.3 is 15.4 Å². The fourth-order valence-corrected chi connectivity index (χ4v) is 4.21. The second-order valence-electron chi connectivity index (χ2n) is 8.00. The number of nitrogens with one attached hydrogen (secondary N) is 2. The molecule has 3 unspecified atom stereocenters. The Morgan fingerprint density at radius 1 is 1.25 bits per heavy atom. The predicted octanol–water partition coefficient (Wildman–Crippen LogP) is 3.01. The zero-order chi connectivity index (χ0) is 19.3. The van der Waals surface area contributed by atoms with E-state index in [1.807, 2.05) is 16.9 Å². The third kappa shape index (κ3) is 4.45. The predicted molar refractivity (Wildman–Crippen MR) is 108 cm³/mol. The molecule has 1 aromatic carbocycles. The zero-order valence-electron chi connectivity index (χ0n) is 16.6. The van der Waals surface area contributed by atoms with Crippen molar-refractivity contribution >= 4 is 5.91 Å². The van der Waals surface area contributed by atoms with Crippen molar-refractivity contribution in [1.82, 2.24) is 20.4 Å². The number of hydrogen-bond acceptors (Lipinski definition) is 4. The highest BCUT2D eigenvalue weighted by atomic mass is 16.5. The maximum Gasteiger partial charge on any atom is 0.271 e.